The molecule has 0 aliphatic carbocycles. The van der Waals surface area contributed by atoms with E-state index in [4.69, 9.17) is 9.15 Å². The molecule has 120 valence electrons. The van der Waals surface area contributed by atoms with Crippen molar-refractivity contribution in [3.8, 4) is 5.75 Å². The monoisotopic (exact) mass is 303 g/mol. The number of hydrogen-bond donors (Lipinski definition) is 1. The van der Waals surface area contributed by atoms with Gasteiger partial charge in [-0.15, -0.1) is 0 Å². The van der Waals surface area contributed by atoms with E-state index in [0.29, 0.717) is 13.1 Å². The summed E-state index contributed by atoms with van der Waals surface area (Å²) in [6, 6.07) is 11.9. The molecule has 1 N–H and O–H groups in total. The van der Waals surface area contributed by atoms with Crippen molar-refractivity contribution < 1.29 is 14.3 Å². The van der Waals surface area contributed by atoms with Crippen LogP contribution >= 0.6 is 0 Å². The number of aliphatic hydroxyl groups excluding tert-OH is 1. The van der Waals surface area contributed by atoms with Crippen molar-refractivity contribution >= 4 is 0 Å². The van der Waals surface area contributed by atoms with E-state index in [1.165, 1.54) is 0 Å². The first kappa shape index (κ1) is 16.6. The molecule has 0 fully saturated rings. The number of nitrogens with zero attached hydrogens (tertiary/aromatic N) is 1. The Bertz CT molecular complexity index is 551. The van der Waals surface area contributed by atoms with Crippen LogP contribution in [0, 0.1) is 5.92 Å². The van der Waals surface area contributed by atoms with Crippen molar-refractivity contribution in [3.63, 3.8) is 0 Å². The van der Waals surface area contributed by atoms with Gasteiger partial charge in [-0.25, -0.2) is 0 Å². The Morgan fingerprint density at radius 1 is 1.18 bits per heavy atom. The largest absolute Gasteiger partial charge is 0.497 e. The fourth-order valence-electron chi connectivity index (χ4n) is 2.31. The minimum absolute atomic E-state index is 0.226. The fourth-order valence-corrected chi connectivity index (χ4v) is 2.31. The highest BCUT2D eigenvalue weighted by molar-refractivity contribution is 5.28. The van der Waals surface area contributed by atoms with Crippen molar-refractivity contribution in [2.24, 2.45) is 5.92 Å². The Balaban J connectivity index is 2.08. The first-order valence-corrected chi connectivity index (χ1v) is 7.64. The van der Waals surface area contributed by atoms with Crippen LogP contribution in [-0.4, -0.2) is 29.8 Å². The highest BCUT2D eigenvalue weighted by Crippen LogP contribution is 2.17. The lowest BCUT2D eigenvalue weighted by molar-refractivity contribution is 0.0670. The molecule has 0 radical (unpaired) electrons. The Kier molecular flexibility index (Phi) is 6.04. The maximum Gasteiger partial charge on any atom is 0.119 e. The Morgan fingerprint density at radius 3 is 2.64 bits per heavy atom. The molecule has 0 saturated carbocycles. The quantitative estimate of drug-likeness (QED) is 0.812. The lowest BCUT2D eigenvalue weighted by Crippen LogP contribution is -2.34. The van der Waals surface area contributed by atoms with Crippen molar-refractivity contribution in [1.82, 2.24) is 4.90 Å². The lowest BCUT2D eigenvalue weighted by Gasteiger charge is -2.26. The minimum atomic E-state index is -0.361. The Labute approximate surface area is 132 Å². The maximum absolute atomic E-state index is 10.2. The van der Waals surface area contributed by atoms with Crippen LogP contribution in [-0.2, 0) is 13.1 Å². The van der Waals surface area contributed by atoms with Gasteiger partial charge in [-0.05, 0) is 35.7 Å². The first-order valence-electron chi connectivity index (χ1n) is 7.64. The number of ether oxygens (including phenoxy) is 1. The summed E-state index contributed by atoms with van der Waals surface area (Å²) in [5.74, 6) is 1.98. The van der Waals surface area contributed by atoms with Crippen molar-refractivity contribution in [3.05, 3.63) is 54.0 Å². The van der Waals surface area contributed by atoms with Crippen LogP contribution in [0.4, 0.5) is 0 Å². The summed E-state index contributed by atoms with van der Waals surface area (Å²) in [6.45, 7) is 6.08. The predicted octanol–water partition coefficient (Wildman–Crippen LogP) is 3.31. The van der Waals surface area contributed by atoms with Gasteiger partial charge >= 0.3 is 0 Å². The van der Waals surface area contributed by atoms with Crippen LogP contribution in [0.5, 0.6) is 5.75 Å². The normalized spacial score (nSPS) is 12.8. The molecule has 1 heterocycles. The summed E-state index contributed by atoms with van der Waals surface area (Å²) in [4.78, 5) is 2.19. The van der Waals surface area contributed by atoms with Crippen molar-refractivity contribution in [2.45, 2.75) is 33.0 Å². The first-order chi connectivity index (χ1) is 10.6. The van der Waals surface area contributed by atoms with Crippen LogP contribution in [0.3, 0.4) is 0 Å². The Morgan fingerprint density at radius 2 is 2.00 bits per heavy atom. The van der Waals surface area contributed by atoms with Gasteiger partial charge in [-0.1, -0.05) is 26.0 Å². The third-order valence-corrected chi connectivity index (χ3v) is 3.71. The third-order valence-electron chi connectivity index (χ3n) is 3.71. The zero-order chi connectivity index (χ0) is 15.9. The highest BCUT2D eigenvalue weighted by atomic mass is 16.5. The summed E-state index contributed by atoms with van der Waals surface area (Å²) < 4.78 is 10.7. The predicted molar refractivity (Wildman–Crippen MR) is 86.7 cm³/mol. The van der Waals surface area contributed by atoms with Crippen LogP contribution < -0.4 is 4.74 Å². The minimum Gasteiger partial charge on any atom is -0.497 e. The molecule has 0 aliphatic rings. The zero-order valence-electron chi connectivity index (χ0n) is 13.5. The molecule has 0 amide bonds. The molecule has 1 atom stereocenters. The van der Waals surface area contributed by atoms with Gasteiger partial charge in [0.15, 0.2) is 0 Å². The van der Waals surface area contributed by atoms with Gasteiger partial charge in [0, 0.05) is 13.1 Å². The molecule has 0 saturated heterocycles. The second-order valence-corrected chi connectivity index (χ2v) is 5.91. The molecule has 4 heteroatoms. The number of furan rings is 1. The number of methoxy groups -OCH3 is 1. The second kappa shape index (κ2) is 8.01. The molecule has 0 aliphatic heterocycles. The van der Waals surface area contributed by atoms with Crippen LogP contribution in [0.2, 0.25) is 0 Å². The van der Waals surface area contributed by atoms with Crippen LogP contribution in [0.25, 0.3) is 0 Å². The Hall–Kier alpha value is -1.78. The van der Waals surface area contributed by atoms with E-state index < -0.39 is 0 Å². The molecule has 1 aromatic heterocycles. The van der Waals surface area contributed by atoms with Gasteiger partial charge in [-0.3, -0.25) is 4.90 Å². The molecular formula is C18H25NO3. The zero-order valence-corrected chi connectivity index (χ0v) is 13.5. The summed E-state index contributed by atoms with van der Waals surface area (Å²) in [7, 11) is 1.67. The second-order valence-electron chi connectivity index (χ2n) is 5.91. The summed E-state index contributed by atoms with van der Waals surface area (Å²) in [6.07, 6.45) is 1.32. The molecule has 1 unspecified atom stereocenters. The summed E-state index contributed by atoms with van der Waals surface area (Å²) in [5.41, 5.74) is 1.15. The summed E-state index contributed by atoms with van der Waals surface area (Å²) >= 11 is 0. The molecule has 0 spiro atoms. The van der Waals surface area contributed by atoms with E-state index in [2.05, 4.69) is 11.0 Å². The van der Waals surface area contributed by atoms with Crippen molar-refractivity contribution in [1.29, 1.82) is 0 Å². The number of rotatable bonds is 8. The average molecular weight is 303 g/mol. The van der Waals surface area contributed by atoms with Gasteiger partial charge < -0.3 is 14.3 Å². The molecule has 22 heavy (non-hydrogen) atoms. The van der Waals surface area contributed by atoms with E-state index in [1.807, 2.05) is 44.2 Å². The highest BCUT2D eigenvalue weighted by Gasteiger charge is 2.16. The maximum atomic E-state index is 10.2. The van der Waals surface area contributed by atoms with E-state index in [9.17, 15) is 5.11 Å². The van der Waals surface area contributed by atoms with E-state index >= 15 is 0 Å². The number of aliphatic hydroxyl groups is 1. The third kappa shape index (κ3) is 4.90. The number of benzene rings is 1. The summed E-state index contributed by atoms with van der Waals surface area (Å²) in [5, 5.41) is 10.2. The van der Waals surface area contributed by atoms with E-state index in [-0.39, 0.29) is 12.0 Å². The molecule has 0 bridgehead atoms. The van der Waals surface area contributed by atoms with Crippen LogP contribution in [0.15, 0.2) is 47.1 Å². The van der Waals surface area contributed by atoms with Gasteiger partial charge in [0.1, 0.15) is 11.5 Å². The van der Waals surface area contributed by atoms with E-state index in [0.717, 1.165) is 23.6 Å². The average Bonchev–Trinajstić information content (AvgIpc) is 3.00. The van der Waals surface area contributed by atoms with Gasteiger partial charge in [0.25, 0.3) is 0 Å². The lowest BCUT2D eigenvalue weighted by atomic mass is 10.1. The SMILES string of the molecule is COc1cccc(CN(Cc2ccco2)CC(O)C(C)C)c1. The van der Waals surface area contributed by atoms with E-state index in [1.54, 1.807) is 13.4 Å². The van der Waals surface area contributed by atoms with Gasteiger partial charge in [0.2, 0.25) is 0 Å². The standard InChI is InChI=1S/C18H25NO3/c1-14(2)18(20)13-19(12-17-8-5-9-22-17)11-15-6-4-7-16(10-15)21-3/h4-10,14,18,20H,11-13H2,1-3H3. The van der Waals surface area contributed by atoms with Crippen LogP contribution in [0.1, 0.15) is 25.2 Å². The molecule has 2 rings (SSSR count). The van der Waals surface area contributed by atoms with Gasteiger partial charge in [0.05, 0.1) is 26.0 Å². The molecule has 1 aromatic carbocycles. The smallest absolute Gasteiger partial charge is 0.119 e. The van der Waals surface area contributed by atoms with Gasteiger partial charge in [-0.2, -0.15) is 0 Å². The molecular weight excluding hydrogens is 278 g/mol. The molecule has 4 nitrogen and oxygen atoms in total. The number of hydrogen-bond acceptors (Lipinski definition) is 4. The van der Waals surface area contributed by atoms with Crippen molar-refractivity contribution in [2.75, 3.05) is 13.7 Å². The topological polar surface area (TPSA) is 45.8 Å². The fraction of sp³-hybridized carbons (Fsp3) is 0.444. The molecule has 2 aromatic rings.